The molecule has 1 aromatic carbocycles. The maximum absolute atomic E-state index is 4.02. The second-order valence-corrected chi connectivity index (χ2v) is 3.29. The van der Waals surface area contributed by atoms with Crippen LogP contribution in [0, 0.1) is 0 Å². The molecule has 0 aromatic heterocycles. The van der Waals surface area contributed by atoms with E-state index in [0.29, 0.717) is 0 Å². The molecule has 0 bridgehead atoms. The van der Waals surface area contributed by atoms with Gasteiger partial charge in [-0.3, -0.25) is 0 Å². The predicted molar refractivity (Wildman–Crippen MR) is 47.7 cm³/mol. The van der Waals surface area contributed by atoms with Gasteiger partial charge in [0.15, 0.2) is 0 Å². The maximum atomic E-state index is 4.02. The average molecular weight is 244 g/mol. The molecule has 0 radical (unpaired) electrons. The lowest BCUT2D eigenvalue weighted by atomic mass is 10.2. The van der Waals surface area contributed by atoms with Crippen molar-refractivity contribution in [3.05, 3.63) is 29.8 Å². The van der Waals surface area contributed by atoms with Gasteiger partial charge < -0.3 is 0 Å². The van der Waals surface area contributed by atoms with E-state index in [4.69, 9.17) is 0 Å². The molecule has 2 nitrogen and oxygen atoms in total. The van der Waals surface area contributed by atoms with Gasteiger partial charge in [-0.1, -0.05) is 18.2 Å². The van der Waals surface area contributed by atoms with Crippen LogP contribution in [0.25, 0.3) is 0 Å². The monoisotopic (exact) mass is 244 g/mol. The number of benzene rings is 1. The zero-order chi connectivity index (χ0) is 6.97. The molecule has 3 heteroatoms. The molecule has 1 aliphatic rings. The Kier molecular flexibility index (Phi) is 1.44. The van der Waals surface area contributed by atoms with Gasteiger partial charge in [-0.15, -0.1) is 0 Å². The quantitative estimate of drug-likeness (QED) is 0.380. The molecule has 0 amide bonds. The largest absolute Gasteiger partial charge is 0.170 e. The van der Waals surface area contributed by atoms with Crippen molar-refractivity contribution in [3.8, 4) is 0 Å². The predicted octanol–water partition coefficient (Wildman–Crippen LogP) is 3.22. The first-order valence-electron chi connectivity index (χ1n) is 3.02. The van der Waals surface area contributed by atoms with E-state index in [1.807, 2.05) is 18.2 Å². The van der Waals surface area contributed by atoms with Crippen LogP contribution in [0.1, 0.15) is 9.61 Å². The molecule has 0 saturated heterocycles. The molecule has 1 aliphatic heterocycles. The summed E-state index contributed by atoms with van der Waals surface area (Å²) in [5, 5.41) is 8.01. The number of alkyl halides is 1. The fraction of sp³-hybridized carbons (Fsp3) is 0.143. The summed E-state index contributed by atoms with van der Waals surface area (Å²) in [5.74, 6) is 0. The zero-order valence-corrected chi connectivity index (χ0v) is 7.32. The van der Waals surface area contributed by atoms with Gasteiger partial charge in [0.05, 0.1) is 5.69 Å². The highest BCUT2D eigenvalue weighted by molar-refractivity contribution is 14.1. The average Bonchev–Trinajstić information content (AvgIpc) is 2.34. The third kappa shape index (κ3) is 0.847. The highest BCUT2D eigenvalue weighted by Crippen LogP contribution is 2.38. The molecule has 1 heterocycles. The van der Waals surface area contributed by atoms with E-state index in [-0.39, 0.29) is 4.05 Å². The minimum Gasteiger partial charge on any atom is -0.170 e. The Bertz CT molecular complexity index is 283. The summed E-state index contributed by atoms with van der Waals surface area (Å²) in [6.07, 6.45) is 0. The lowest BCUT2D eigenvalue weighted by Gasteiger charge is -1.95. The van der Waals surface area contributed by atoms with Gasteiger partial charge in [-0.05, 0) is 28.7 Å². The summed E-state index contributed by atoms with van der Waals surface area (Å²) in [6, 6.07) is 8.04. The highest BCUT2D eigenvalue weighted by Gasteiger charge is 2.15. The Morgan fingerprint density at radius 1 is 1.30 bits per heavy atom. The zero-order valence-electron chi connectivity index (χ0n) is 5.16. The Hall–Kier alpha value is -0.450. The van der Waals surface area contributed by atoms with E-state index in [1.165, 1.54) is 5.56 Å². The lowest BCUT2D eigenvalue weighted by molar-refractivity contribution is 1.05. The molecular weight excluding hydrogens is 239 g/mol. The molecule has 10 heavy (non-hydrogen) atoms. The lowest BCUT2D eigenvalue weighted by Crippen LogP contribution is -1.76. The fourth-order valence-electron chi connectivity index (χ4n) is 0.955. The van der Waals surface area contributed by atoms with Crippen molar-refractivity contribution in [1.29, 1.82) is 0 Å². The summed E-state index contributed by atoms with van der Waals surface area (Å²) < 4.78 is 0.230. The van der Waals surface area contributed by atoms with Crippen LogP contribution in [-0.4, -0.2) is 0 Å². The number of hydrogen-bond donors (Lipinski definition) is 0. The van der Waals surface area contributed by atoms with E-state index < -0.39 is 0 Å². The van der Waals surface area contributed by atoms with Crippen molar-refractivity contribution in [3.63, 3.8) is 0 Å². The van der Waals surface area contributed by atoms with Crippen LogP contribution in [0.15, 0.2) is 34.5 Å². The Balaban J connectivity index is 2.59. The molecule has 0 unspecified atom stereocenters. The summed E-state index contributed by atoms with van der Waals surface area (Å²) >= 11 is 2.26. The Morgan fingerprint density at radius 3 is 2.90 bits per heavy atom. The van der Waals surface area contributed by atoms with Crippen LogP contribution in [0.2, 0.25) is 0 Å². The SMILES string of the molecule is I[C@H]1N=Nc2ccccc21. The first kappa shape index (κ1) is 6.27. The molecule has 1 aromatic rings. The van der Waals surface area contributed by atoms with Crippen LogP contribution in [0.5, 0.6) is 0 Å². The van der Waals surface area contributed by atoms with Gasteiger partial charge in [0, 0.05) is 5.56 Å². The molecule has 0 N–H and O–H groups in total. The van der Waals surface area contributed by atoms with E-state index in [2.05, 4.69) is 38.9 Å². The van der Waals surface area contributed by atoms with Crippen molar-refractivity contribution < 1.29 is 0 Å². The van der Waals surface area contributed by atoms with Crippen LogP contribution >= 0.6 is 22.6 Å². The molecule has 0 aliphatic carbocycles. The highest BCUT2D eigenvalue weighted by atomic mass is 127. The topological polar surface area (TPSA) is 24.7 Å². The number of halogens is 1. The fourth-order valence-corrected chi connectivity index (χ4v) is 1.61. The number of nitrogens with zero attached hydrogens (tertiary/aromatic N) is 2. The molecule has 0 saturated carbocycles. The molecule has 50 valence electrons. The van der Waals surface area contributed by atoms with Crippen LogP contribution < -0.4 is 0 Å². The summed E-state index contributed by atoms with van der Waals surface area (Å²) in [5.41, 5.74) is 2.24. The third-order valence-corrected chi connectivity index (χ3v) is 2.38. The first-order valence-corrected chi connectivity index (χ1v) is 4.26. The van der Waals surface area contributed by atoms with E-state index in [1.54, 1.807) is 0 Å². The van der Waals surface area contributed by atoms with Gasteiger partial charge >= 0.3 is 0 Å². The number of rotatable bonds is 0. The second-order valence-electron chi connectivity index (χ2n) is 2.11. The number of fused-ring (bicyclic) bond motifs is 1. The minimum absolute atomic E-state index is 0.230. The van der Waals surface area contributed by atoms with E-state index in [9.17, 15) is 0 Å². The van der Waals surface area contributed by atoms with Gasteiger partial charge in [-0.25, -0.2) is 0 Å². The van der Waals surface area contributed by atoms with Crippen molar-refractivity contribution >= 4 is 28.3 Å². The van der Waals surface area contributed by atoms with Gasteiger partial charge in [0.1, 0.15) is 4.05 Å². The standard InChI is InChI=1S/C7H5IN2/c8-7-5-3-1-2-4-6(5)9-10-7/h1-4,7H/t7-/m0/s1. The Morgan fingerprint density at radius 2 is 2.10 bits per heavy atom. The van der Waals surface area contributed by atoms with E-state index in [0.717, 1.165) is 5.69 Å². The summed E-state index contributed by atoms with van der Waals surface area (Å²) in [7, 11) is 0. The summed E-state index contributed by atoms with van der Waals surface area (Å²) in [4.78, 5) is 0. The molecule has 0 spiro atoms. The van der Waals surface area contributed by atoms with Gasteiger partial charge in [0.2, 0.25) is 0 Å². The van der Waals surface area contributed by atoms with Crippen molar-refractivity contribution in [2.75, 3.05) is 0 Å². The van der Waals surface area contributed by atoms with Gasteiger partial charge in [0.25, 0.3) is 0 Å². The first-order chi connectivity index (χ1) is 4.88. The Labute approximate surface area is 72.5 Å². The normalized spacial score (nSPS) is 21.1. The number of azo groups is 1. The van der Waals surface area contributed by atoms with Crippen molar-refractivity contribution in [2.24, 2.45) is 10.2 Å². The maximum Gasteiger partial charge on any atom is 0.149 e. The van der Waals surface area contributed by atoms with Crippen molar-refractivity contribution in [2.45, 2.75) is 4.05 Å². The van der Waals surface area contributed by atoms with Crippen LogP contribution in [0.3, 0.4) is 0 Å². The van der Waals surface area contributed by atoms with Crippen LogP contribution in [-0.2, 0) is 0 Å². The summed E-state index contributed by atoms with van der Waals surface area (Å²) in [6.45, 7) is 0. The minimum atomic E-state index is 0.230. The third-order valence-electron chi connectivity index (χ3n) is 1.46. The van der Waals surface area contributed by atoms with Crippen LogP contribution in [0.4, 0.5) is 5.69 Å². The molecule has 0 fully saturated rings. The molecule has 1 atom stereocenters. The van der Waals surface area contributed by atoms with Crippen molar-refractivity contribution in [1.82, 2.24) is 0 Å². The number of hydrogen-bond acceptors (Lipinski definition) is 2. The second kappa shape index (κ2) is 2.30. The molecule has 2 rings (SSSR count). The smallest absolute Gasteiger partial charge is 0.149 e. The van der Waals surface area contributed by atoms with E-state index >= 15 is 0 Å². The molecular formula is C7H5IN2. The van der Waals surface area contributed by atoms with Gasteiger partial charge in [-0.2, -0.15) is 10.2 Å².